The van der Waals surface area contributed by atoms with Crippen LogP contribution in [0.2, 0.25) is 0 Å². The van der Waals surface area contributed by atoms with Gasteiger partial charge in [0.05, 0.1) is 11.9 Å². The lowest BCUT2D eigenvalue weighted by molar-refractivity contribution is -0.116. The Balaban J connectivity index is 1.52. The van der Waals surface area contributed by atoms with Gasteiger partial charge in [-0.05, 0) is 67.4 Å². The highest BCUT2D eigenvalue weighted by atomic mass is 32.2. The first-order valence-corrected chi connectivity index (χ1v) is 15.0. The molecule has 0 heterocycles. The number of hydrogen-bond acceptors (Lipinski definition) is 5. The fraction of sp³-hybridized carbons (Fsp3) is 0.147. The molecule has 7 nitrogen and oxygen atoms in total. The number of carbonyl (C=O) groups excluding carboxylic acids is 3. The zero-order valence-corrected chi connectivity index (χ0v) is 25.5. The summed E-state index contributed by atoms with van der Waals surface area (Å²) >= 11 is 1.01. The van der Waals surface area contributed by atoms with E-state index in [-0.39, 0.29) is 18.2 Å². The Morgan fingerprint density at radius 2 is 1.50 bits per heavy atom. The maximum atomic E-state index is 14.1. The molecule has 0 radical (unpaired) electrons. The maximum absolute atomic E-state index is 14.1. The van der Waals surface area contributed by atoms with Crippen LogP contribution < -0.4 is 20.7 Å². The summed E-state index contributed by atoms with van der Waals surface area (Å²) in [6, 6.07) is 21.8. The Kier molecular flexibility index (Phi) is 11.6. The molecule has 0 saturated heterocycles. The predicted octanol–water partition coefficient (Wildman–Crippen LogP) is 7.56. The monoisotopic (exact) mass is 651 g/mol. The van der Waals surface area contributed by atoms with Gasteiger partial charge in [0.2, 0.25) is 5.91 Å². The first-order valence-electron chi connectivity index (χ1n) is 14.1. The van der Waals surface area contributed by atoms with Gasteiger partial charge in [-0.2, -0.15) is 0 Å². The van der Waals surface area contributed by atoms with Crippen molar-refractivity contribution in [1.82, 2.24) is 5.32 Å². The Morgan fingerprint density at radius 3 is 2.13 bits per heavy atom. The van der Waals surface area contributed by atoms with E-state index in [0.717, 1.165) is 11.8 Å². The average Bonchev–Trinajstić information content (AvgIpc) is 3.05. The summed E-state index contributed by atoms with van der Waals surface area (Å²) in [6.45, 7) is 3.99. The van der Waals surface area contributed by atoms with Crippen LogP contribution in [0.1, 0.15) is 36.2 Å². The molecule has 1 unspecified atom stereocenters. The summed E-state index contributed by atoms with van der Waals surface area (Å²) in [7, 11) is 0. The van der Waals surface area contributed by atoms with Crippen LogP contribution in [0.15, 0.2) is 95.5 Å². The Labute approximate surface area is 267 Å². The van der Waals surface area contributed by atoms with Gasteiger partial charge in [0.1, 0.15) is 17.1 Å². The van der Waals surface area contributed by atoms with Gasteiger partial charge in [-0.25, -0.2) is 17.6 Å². The third kappa shape index (κ3) is 8.75. The molecule has 0 aromatic heterocycles. The number of carbonyl (C=O) groups is 3. The van der Waals surface area contributed by atoms with E-state index in [0.29, 0.717) is 34.1 Å². The number of halogens is 4. The molecule has 0 spiro atoms. The number of thioether (sulfide) groups is 1. The summed E-state index contributed by atoms with van der Waals surface area (Å²) < 4.78 is 61.0. The lowest BCUT2D eigenvalue weighted by Gasteiger charge is -2.17. The highest BCUT2D eigenvalue weighted by molar-refractivity contribution is 8.00. The minimum absolute atomic E-state index is 0.0479. The third-order valence-electron chi connectivity index (χ3n) is 6.42. The summed E-state index contributed by atoms with van der Waals surface area (Å²) in [5.74, 6) is -8.09. The summed E-state index contributed by atoms with van der Waals surface area (Å²) in [4.78, 5) is 39.7. The minimum Gasteiger partial charge on any atom is -0.494 e. The second kappa shape index (κ2) is 15.8. The summed E-state index contributed by atoms with van der Waals surface area (Å²) in [6.07, 6.45) is 1.70. The van der Waals surface area contributed by atoms with Crippen molar-refractivity contribution in [2.45, 2.75) is 30.4 Å². The van der Waals surface area contributed by atoms with Gasteiger partial charge in [-0.1, -0.05) is 43.3 Å². The number of rotatable bonds is 12. The van der Waals surface area contributed by atoms with Crippen molar-refractivity contribution < 1.29 is 36.7 Å². The molecule has 1 atom stereocenters. The molecule has 4 aromatic rings. The van der Waals surface area contributed by atoms with Crippen molar-refractivity contribution in [3.8, 4) is 5.75 Å². The van der Waals surface area contributed by atoms with E-state index in [1.54, 1.807) is 85.8 Å². The first kappa shape index (κ1) is 33.8. The minimum atomic E-state index is -1.72. The molecular formula is C34H29F4N3O4S. The molecule has 46 heavy (non-hydrogen) atoms. The van der Waals surface area contributed by atoms with Gasteiger partial charge in [-0.3, -0.25) is 14.4 Å². The van der Waals surface area contributed by atoms with Gasteiger partial charge in [0.25, 0.3) is 11.8 Å². The van der Waals surface area contributed by atoms with Crippen LogP contribution in [-0.2, 0) is 9.59 Å². The first-order chi connectivity index (χ1) is 22.1. The van der Waals surface area contributed by atoms with E-state index >= 15 is 0 Å². The Morgan fingerprint density at radius 1 is 0.826 bits per heavy atom. The second-order valence-corrected chi connectivity index (χ2v) is 11.0. The third-order valence-corrected chi connectivity index (χ3v) is 7.78. The Hall–Kier alpha value is -5.10. The molecule has 0 saturated carbocycles. The Bertz CT molecular complexity index is 1730. The predicted molar refractivity (Wildman–Crippen MR) is 169 cm³/mol. The number of ether oxygens (including phenoxy) is 1. The highest BCUT2D eigenvalue weighted by Crippen LogP contribution is 2.30. The molecule has 3 amide bonds. The molecular weight excluding hydrogens is 622 g/mol. The van der Waals surface area contributed by atoms with Crippen molar-refractivity contribution in [3.05, 3.63) is 125 Å². The average molecular weight is 652 g/mol. The van der Waals surface area contributed by atoms with E-state index in [1.165, 1.54) is 6.08 Å². The molecule has 0 bridgehead atoms. The SMILES string of the molecule is CCOc1ccc(/C=C(/NC(=O)c2ccccc2)C(=O)Nc2cccc(SC(CC)C(=O)Nc3c(F)c(F)cc(F)c3F)c2)cc1. The van der Waals surface area contributed by atoms with Crippen LogP contribution in [0.25, 0.3) is 6.08 Å². The normalized spacial score (nSPS) is 11.8. The second-order valence-electron chi connectivity index (χ2n) is 9.71. The quantitative estimate of drug-likeness (QED) is 0.0636. The largest absolute Gasteiger partial charge is 0.494 e. The van der Waals surface area contributed by atoms with E-state index in [4.69, 9.17) is 4.74 Å². The van der Waals surface area contributed by atoms with Crippen molar-refractivity contribution in [2.24, 2.45) is 0 Å². The smallest absolute Gasteiger partial charge is 0.272 e. The molecule has 0 fully saturated rings. The van der Waals surface area contributed by atoms with Crippen LogP contribution >= 0.6 is 11.8 Å². The van der Waals surface area contributed by atoms with E-state index in [1.807, 2.05) is 12.2 Å². The van der Waals surface area contributed by atoms with Gasteiger partial charge in [0, 0.05) is 22.2 Å². The summed E-state index contributed by atoms with van der Waals surface area (Å²) in [5, 5.41) is 6.42. The van der Waals surface area contributed by atoms with Crippen LogP contribution in [0.5, 0.6) is 5.75 Å². The van der Waals surface area contributed by atoms with Gasteiger partial charge >= 0.3 is 0 Å². The van der Waals surface area contributed by atoms with Crippen LogP contribution in [-0.4, -0.2) is 29.6 Å². The number of amides is 3. The van der Waals surface area contributed by atoms with Crippen molar-refractivity contribution in [3.63, 3.8) is 0 Å². The molecule has 4 rings (SSSR count). The summed E-state index contributed by atoms with van der Waals surface area (Å²) in [5.41, 5.74) is 0.0198. The van der Waals surface area contributed by atoms with Gasteiger partial charge in [-0.15, -0.1) is 11.8 Å². The van der Waals surface area contributed by atoms with Crippen LogP contribution in [0.4, 0.5) is 28.9 Å². The standard InChI is InChI=1S/C34H29F4N3O4S/c1-3-28(34(44)41-31-29(37)25(35)19-26(36)30(31)38)46-24-12-8-11-22(18-24)39-33(43)27(40-32(42)21-9-6-5-7-10-21)17-20-13-15-23(16-14-20)45-4-2/h5-19,28H,3-4H2,1-2H3,(H,39,43)(H,40,42)(H,41,44)/b27-17+. The molecule has 12 heteroatoms. The number of hydrogen-bond donors (Lipinski definition) is 3. The zero-order valence-electron chi connectivity index (χ0n) is 24.7. The zero-order chi connectivity index (χ0) is 33.2. The van der Waals surface area contributed by atoms with E-state index in [9.17, 15) is 31.9 Å². The number of anilines is 2. The molecule has 0 aliphatic carbocycles. The molecule has 4 aromatic carbocycles. The molecule has 0 aliphatic heterocycles. The molecule has 0 aliphatic rings. The topological polar surface area (TPSA) is 96.5 Å². The lowest BCUT2D eigenvalue weighted by atomic mass is 10.1. The van der Waals surface area contributed by atoms with Gasteiger partial charge in [0.15, 0.2) is 23.3 Å². The highest BCUT2D eigenvalue weighted by Gasteiger charge is 2.25. The van der Waals surface area contributed by atoms with E-state index in [2.05, 4.69) is 10.6 Å². The van der Waals surface area contributed by atoms with Gasteiger partial charge < -0.3 is 20.7 Å². The molecule has 238 valence electrons. The molecule has 3 N–H and O–H groups in total. The number of nitrogens with one attached hydrogen (secondary N) is 3. The fourth-order valence-electron chi connectivity index (χ4n) is 4.15. The van der Waals surface area contributed by atoms with Crippen molar-refractivity contribution >= 4 is 46.9 Å². The van der Waals surface area contributed by atoms with E-state index < -0.39 is 51.9 Å². The van der Waals surface area contributed by atoms with Crippen LogP contribution in [0, 0.1) is 23.3 Å². The maximum Gasteiger partial charge on any atom is 0.272 e. The fourth-order valence-corrected chi connectivity index (χ4v) is 5.17. The number of benzene rings is 4. The van der Waals surface area contributed by atoms with Crippen molar-refractivity contribution in [1.29, 1.82) is 0 Å². The van der Waals surface area contributed by atoms with Crippen molar-refractivity contribution in [2.75, 3.05) is 17.2 Å². The lowest BCUT2D eigenvalue weighted by Crippen LogP contribution is -2.30. The van der Waals surface area contributed by atoms with Crippen LogP contribution in [0.3, 0.4) is 0 Å².